The van der Waals surface area contributed by atoms with Crippen LogP contribution in [-0.2, 0) is 9.53 Å². The van der Waals surface area contributed by atoms with Crippen LogP contribution in [-0.4, -0.2) is 36.6 Å². The van der Waals surface area contributed by atoms with Gasteiger partial charge in [-0.3, -0.25) is 4.90 Å². The number of rotatable bonds is 1. The van der Waals surface area contributed by atoms with E-state index in [1.165, 1.54) is 7.11 Å². The predicted octanol–water partition coefficient (Wildman–Crippen LogP) is 1.12. The first kappa shape index (κ1) is 9.46. The Bertz CT molecular complexity index is 321. The smallest absolute Gasteiger partial charge is 0.330 e. The molecule has 2 saturated heterocycles. The lowest BCUT2D eigenvalue weighted by Gasteiger charge is -2.29. The molecule has 1 atom stereocenters. The van der Waals surface area contributed by atoms with Crippen LogP contribution in [0.4, 0.5) is 0 Å². The molecule has 3 nitrogen and oxygen atoms in total. The highest BCUT2D eigenvalue weighted by Gasteiger charge is 2.54. The maximum atomic E-state index is 11.8. The van der Waals surface area contributed by atoms with Gasteiger partial charge in [0.15, 0.2) is 0 Å². The number of esters is 1. The van der Waals surface area contributed by atoms with Crippen LogP contribution < -0.4 is 0 Å². The lowest BCUT2D eigenvalue weighted by atomic mass is 9.89. The van der Waals surface area contributed by atoms with E-state index in [0.29, 0.717) is 6.42 Å². The van der Waals surface area contributed by atoms with E-state index in [0.717, 1.165) is 30.7 Å². The second-order valence-corrected chi connectivity index (χ2v) is 4.05. The summed E-state index contributed by atoms with van der Waals surface area (Å²) in [5.41, 5.74) is 1.49. The molecule has 3 heteroatoms. The Labute approximate surface area is 84.0 Å². The number of carbonyl (C=O) groups is 1. The fraction of sp³-hybridized carbons (Fsp3) is 0.545. The third-order valence-electron chi connectivity index (χ3n) is 3.25. The highest BCUT2D eigenvalue weighted by molar-refractivity contribution is 5.87. The van der Waals surface area contributed by atoms with Crippen LogP contribution in [0.15, 0.2) is 24.3 Å². The Morgan fingerprint density at radius 2 is 2.29 bits per heavy atom. The molecule has 2 rings (SSSR count). The van der Waals surface area contributed by atoms with Gasteiger partial charge in [0, 0.05) is 19.5 Å². The minimum absolute atomic E-state index is 0.182. The van der Waals surface area contributed by atoms with Crippen molar-refractivity contribution in [2.45, 2.75) is 18.4 Å². The van der Waals surface area contributed by atoms with Gasteiger partial charge in [-0.1, -0.05) is 18.7 Å². The molecule has 0 bridgehead atoms. The summed E-state index contributed by atoms with van der Waals surface area (Å²) >= 11 is 0. The van der Waals surface area contributed by atoms with E-state index < -0.39 is 5.54 Å². The summed E-state index contributed by atoms with van der Waals surface area (Å²) in [6, 6.07) is 0. The molecule has 14 heavy (non-hydrogen) atoms. The normalized spacial score (nSPS) is 32.1. The molecule has 0 saturated carbocycles. The van der Waals surface area contributed by atoms with Crippen molar-refractivity contribution in [3.63, 3.8) is 0 Å². The summed E-state index contributed by atoms with van der Waals surface area (Å²) in [5, 5.41) is 0. The molecule has 1 unspecified atom stereocenters. The molecule has 0 spiro atoms. The van der Waals surface area contributed by atoms with Crippen molar-refractivity contribution in [3.05, 3.63) is 24.3 Å². The van der Waals surface area contributed by atoms with E-state index in [1.807, 2.05) is 0 Å². The second kappa shape index (κ2) is 2.95. The number of hydrogen-bond donors (Lipinski definition) is 0. The van der Waals surface area contributed by atoms with Crippen LogP contribution in [0, 0.1) is 0 Å². The van der Waals surface area contributed by atoms with Gasteiger partial charge in [0.1, 0.15) is 5.54 Å². The molecular weight excluding hydrogens is 178 g/mol. The molecule has 2 aliphatic heterocycles. The minimum Gasteiger partial charge on any atom is -0.467 e. The second-order valence-electron chi connectivity index (χ2n) is 4.05. The summed E-state index contributed by atoms with van der Waals surface area (Å²) in [4.78, 5) is 13.9. The average Bonchev–Trinajstić information content (AvgIpc) is 2.63. The fourth-order valence-corrected chi connectivity index (χ4v) is 2.54. The monoisotopic (exact) mass is 193 g/mol. The molecule has 2 fully saturated rings. The van der Waals surface area contributed by atoms with E-state index in [1.54, 1.807) is 0 Å². The van der Waals surface area contributed by atoms with Crippen LogP contribution in [0.5, 0.6) is 0 Å². The third-order valence-corrected chi connectivity index (χ3v) is 3.25. The summed E-state index contributed by atoms with van der Waals surface area (Å²) in [7, 11) is 1.43. The molecule has 0 N–H and O–H groups in total. The SMILES string of the molecule is C=C1CN2CCC(=C)C2(C(=O)OC)C1. The van der Waals surface area contributed by atoms with Gasteiger partial charge in [-0.15, -0.1) is 0 Å². The number of fused-ring (bicyclic) bond motifs is 1. The Hall–Kier alpha value is -1.09. The van der Waals surface area contributed by atoms with Crippen molar-refractivity contribution in [1.29, 1.82) is 0 Å². The molecule has 0 aromatic carbocycles. The van der Waals surface area contributed by atoms with Gasteiger partial charge in [0.2, 0.25) is 0 Å². The quantitative estimate of drug-likeness (QED) is 0.461. The summed E-state index contributed by atoms with van der Waals surface area (Å²) < 4.78 is 4.88. The zero-order valence-corrected chi connectivity index (χ0v) is 8.51. The van der Waals surface area contributed by atoms with Crippen molar-refractivity contribution in [3.8, 4) is 0 Å². The largest absolute Gasteiger partial charge is 0.467 e. The number of ether oxygens (including phenoxy) is 1. The first-order valence-corrected chi connectivity index (χ1v) is 4.79. The van der Waals surface area contributed by atoms with Gasteiger partial charge in [-0.05, 0) is 12.0 Å². The van der Waals surface area contributed by atoms with Gasteiger partial charge in [-0.25, -0.2) is 4.79 Å². The number of methoxy groups -OCH3 is 1. The molecule has 0 amide bonds. The standard InChI is InChI=1S/C11H15NO2/c1-8-6-11(10(13)14-3)9(2)4-5-12(11)7-8/h1-2,4-7H2,3H3. The van der Waals surface area contributed by atoms with E-state index in [-0.39, 0.29) is 5.97 Å². The zero-order chi connectivity index (χ0) is 10.3. The summed E-state index contributed by atoms with van der Waals surface area (Å²) in [6.07, 6.45) is 1.57. The Morgan fingerprint density at radius 3 is 2.93 bits per heavy atom. The molecule has 0 aliphatic carbocycles. The van der Waals surface area contributed by atoms with Gasteiger partial charge in [0.05, 0.1) is 7.11 Å². The predicted molar refractivity (Wildman–Crippen MR) is 53.8 cm³/mol. The average molecular weight is 193 g/mol. The van der Waals surface area contributed by atoms with Gasteiger partial charge < -0.3 is 4.74 Å². The fourth-order valence-electron chi connectivity index (χ4n) is 2.54. The molecule has 2 aliphatic rings. The van der Waals surface area contributed by atoms with Crippen LogP contribution in [0.3, 0.4) is 0 Å². The summed E-state index contributed by atoms with van der Waals surface area (Å²) in [5.74, 6) is -0.182. The van der Waals surface area contributed by atoms with E-state index in [9.17, 15) is 4.79 Å². The zero-order valence-electron chi connectivity index (χ0n) is 8.51. The van der Waals surface area contributed by atoms with Gasteiger partial charge in [0.25, 0.3) is 0 Å². The third kappa shape index (κ3) is 0.989. The maximum Gasteiger partial charge on any atom is 0.330 e. The van der Waals surface area contributed by atoms with E-state index in [4.69, 9.17) is 4.74 Å². The highest BCUT2D eigenvalue weighted by atomic mass is 16.5. The Morgan fingerprint density at radius 1 is 1.57 bits per heavy atom. The number of nitrogens with zero attached hydrogens (tertiary/aromatic N) is 1. The number of carbonyl (C=O) groups excluding carboxylic acids is 1. The van der Waals surface area contributed by atoms with Crippen LogP contribution in [0.2, 0.25) is 0 Å². The first-order chi connectivity index (χ1) is 6.61. The Kier molecular flexibility index (Phi) is 2.00. The van der Waals surface area contributed by atoms with Gasteiger partial charge in [-0.2, -0.15) is 0 Å². The highest BCUT2D eigenvalue weighted by Crippen LogP contribution is 2.44. The summed E-state index contributed by atoms with van der Waals surface area (Å²) in [6.45, 7) is 9.63. The first-order valence-electron chi connectivity index (χ1n) is 4.79. The lowest BCUT2D eigenvalue weighted by molar-refractivity contribution is -0.149. The lowest BCUT2D eigenvalue weighted by Crippen LogP contribution is -2.47. The Balaban J connectivity index is 2.40. The minimum atomic E-state index is -0.578. The van der Waals surface area contributed by atoms with E-state index >= 15 is 0 Å². The molecule has 76 valence electrons. The van der Waals surface area contributed by atoms with Crippen LogP contribution in [0.25, 0.3) is 0 Å². The molecule has 0 radical (unpaired) electrons. The maximum absolute atomic E-state index is 11.8. The van der Waals surface area contributed by atoms with Crippen LogP contribution >= 0.6 is 0 Å². The van der Waals surface area contributed by atoms with Crippen molar-refractivity contribution < 1.29 is 9.53 Å². The van der Waals surface area contributed by atoms with Crippen molar-refractivity contribution in [2.75, 3.05) is 20.2 Å². The molecular formula is C11H15NO2. The van der Waals surface area contributed by atoms with Crippen molar-refractivity contribution in [1.82, 2.24) is 4.90 Å². The number of hydrogen-bond acceptors (Lipinski definition) is 3. The topological polar surface area (TPSA) is 29.5 Å². The van der Waals surface area contributed by atoms with E-state index in [2.05, 4.69) is 18.1 Å². The molecule has 0 aromatic rings. The van der Waals surface area contributed by atoms with Gasteiger partial charge >= 0.3 is 5.97 Å². The van der Waals surface area contributed by atoms with Crippen molar-refractivity contribution in [2.24, 2.45) is 0 Å². The molecule has 2 heterocycles. The van der Waals surface area contributed by atoms with Crippen LogP contribution in [0.1, 0.15) is 12.8 Å². The van der Waals surface area contributed by atoms with Crippen molar-refractivity contribution >= 4 is 5.97 Å². The molecule has 0 aromatic heterocycles.